The van der Waals surface area contributed by atoms with Gasteiger partial charge in [-0.15, -0.1) is 0 Å². The molecule has 19 heavy (non-hydrogen) atoms. The summed E-state index contributed by atoms with van der Waals surface area (Å²) in [5.74, 6) is 1.65. The topological polar surface area (TPSA) is 28.2 Å². The first-order chi connectivity index (χ1) is 9.11. The normalized spacial score (nSPS) is 19.4. The van der Waals surface area contributed by atoms with Gasteiger partial charge < -0.3 is 10.2 Å². The number of aromatic nitrogens is 1. The molecule has 1 aromatic rings. The minimum Gasteiger partial charge on any atom is -0.354 e. The van der Waals surface area contributed by atoms with E-state index >= 15 is 0 Å². The molecule has 0 spiro atoms. The van der Waals surface area contributed by atoms with Crippen molar-refractivity contribution < 1.29 is 0 Å². The summed E-state index contributed by atoms with van der Waals surface area (Å²) < 4.78 is 0. The quantitative estimate of drug-likeness (QED) is 0.881. The lowest BCUT2D eigenvalue weighted by molar-refractivity contribution is 0.704. The van der Waals surface area contributed by atoms with Crippen LogP contribution in [-0.2, 0) is 6.54 Å². The maximum Gasteiger partial charge on any atom is 0.129 e. The highest BCUT2D eigenvalue weighted by atomic mass is 15.2. The molecule has 0 aromatic carbocycles. The average molecular weight is 261 g/mol. The first-order valence-corrected chi connectivity index (χ1v) is 7.60. The van der Waals surface area contributed by atoms with E-state index in [0.717, 1.165) is 19.6 Å². The molecular formula is C16H27N3. The largest absolute Gasteiger partial charge is 0.354 e. The van der Waals surface area contributed by atoms with Crippen molar-refractivity contribution in [2.24, 2.45) is 0 Å². The van der Waals surface area contributed by atoms with E-state index in [1.54, 1.807) is 0 Å². The first-order valence-electron chi connectivity index (χ1n) is 7.60. The van der Waals surface area contributed by atoms with Crippen LogP contribution in [0.3, 0.4) is 0 Å². The molecule has 1 N–H and O–H groups in total. The average Bonchev–Trinajstić information content (AvgIpc) is 2.82. The Hall–Kier alpha value is -1.09. The van der Waals surface area contributed by atoms with Crippen molar-refractivity contribution in [3.8, 4) is 0 Å². The van der Waals surface area contributed by atoms with Gasteiger partial charge in [-0.05, 0) is 49.9 Å². The van der Waals surface area contributed by atoms with Gasteiger partial charge in [-0.2, -0.15) is 0 Å². The molecule has 1 aliphatic heterocycles. The van der Waals surface area contributed by atoms with Gasteiger partial charge in [-0.1, -0.05) is 20.8 Å². The molecule has 3 heteroatoms. The standard InChI is InChI=1S/C16H27N3/c1-5-17-11-14-9-15(12(2)3)18-16(10-14)19-8-6-7-13(19)4/h9-10,12-13,17H,5-8,11H2,1-4H3. The molecule has 0 amide bonds. The SMILES string of the molecule is CCNCc1cc(C(C)C)nc(N2CCCC2C)c1. The van der Waals surface area contributed by atoms with E-state index in [-0.39, 0.29) is 0 Å². The van der Waals surface area contributed by atoms with Gasteiger partial charge in [-0.25, -0.2) is 4.98 Å². The van der Waals surface area contributed by atoms with Crippen molar-refractivity contribution in [2.75, 3.05) is 18.0 Å². The molecule has 106 valence electrons. The molecule has 1 saturated heterocycles. The minimum atomic E-state index is 0.484. The number of hydrogen-bond donors (Lipinski definition) is 1. The highest BCUT2D eigenvalue weighted by molar-refractivity contribution is 5.45. The van der Waals surface area contributed by atoms with Crippen LogP contribution in [0.5, 0.6) is 0 Å². The molecule has 0 radical (unpaired) electrons. The Labute approximate surface area is 117 Å². The fourth-order valence-corrected chi connectivity index (χ4v) is 2.68. The van der Waals surface area contributed by atoms with E-state index in [0.29, 0.717) is 12.0 Å². The third kappa shape index (κ3) is 3.47. The third-order valence-corrected chi connectivity index (χ3v) is 3.91. The van der Waals surface area contributed by atoms with E-state index in [2.05, 4.69) is 50.0 Å². The van der Waals surface area contributed by atoms with E-state index in [1.807, 2.05) is 0 Å². The summed E-state index contributed by atoms with van der Waals surface area (Å²) in [4.78, 5) is 7.33. The highest BCUT2D eigenvalue weighted by Crippen LogP contribution is 2.26. The predicted molar refractivity (Wildman–Crippen MR) is 81.7 cm³/mol. The van der Waals surface area contributed by atoms with Crippen LogP contribution in [0, 0.1) is 0 Å². The lowest BCUT2D eigenvalue weighted by Crippen LogP contribution is -2.28. The number of rotatable bonds is 5. The maximum absolute atomic E-state index is 4.87. The fraction of sp³-hybridized carbons (Fsp3) is 0.688. The summed E-state index contributed by atoms with van der Waals surface area (Å²) in [6.07, 6.45) is 2.58. The number of hydrogen-bond acceptors (Lipinski definition) is 3. The molecule has 0 saturated carbocycles. The van der Waals surface area contributed by atoms with E-state index in [9.17, 15) is 0 Å². The molecule has 0 aliphatic carbocycles. The van der Waals surface area contributed by atoms with Gasteiger partial charge in [0.25, 0.3) is 0 Å². The summed E-state index contributed by atoms with van der Waals surface area (Å²) in [7, 11) is 0. The van der Waals surface area contributed by atoms with Crippen LogP contribution < -0.4 is 10.2 Å². The number of anilines is 1. The number of pyridine rings is 1. The van der Waals surface area contributed by atoms with Gasteiger partial charge in [0.1, 0.15) is 5.82 Å². The second kappa shape index (κ2) is 6.38. The van der Waals surface area contributed by atoms with Crippen LogP contribution >= 0.6 is 0 Å². The van der Waals surface area contributed by atoms with Gasteiger partial charge in [0, 0.05) is 24.8 Å². The lowest BCUT2D eigenvalue weighted by Gasteiger charge is -2.24. The zero-order valence-electron chi connectivity index (χ0n) is 12.7. The molecule has 1 aromatic heterocycles. The summed E-state index contributed by atoms with van der Waals surface area (Å²) in [5, 5.41) is 3.41. The maximum atomic E-state index is 4.87. The first kappa shape index (κ1) is 14.3. The van der Waals surface area contributed by atoms with Crippen LogP contribution in [0.15, 0.2) is 12.1 Å². The Kier molecular flexibility index (Phi) is 4.81. The number of nitrogens with one attached hydrogen (secondary N) is 1. The third-order valence-electron chi connectivity index (χ3n) is 3.91. The molecule has 2 heterocycles. The molecule has 3 nitrogen and oxygen atoms in total. The van der Waals surface area contributed by atoms with Crippen molar-refractivity contribution >= 4 is 5.82 Å². The molecule has 1 aliphatic rings. The van der Waals surface area contributed by atoms with E-state index in [1.165, 1.54) is 29.9 Å². The van der Waals surface area contributed by atoms with Crippen molar-refractivity contribution in [3.05, 3.63) is 23.4 Å². The van der Waals surface area contributed by atoms with Crippen molar-refractivity contribution in [2.45, 2.75) is 59.0 Å². The van der Waals surface area contributed by atoms with Gasteiger partial charge >= 0.3 is 0 Å². The van der Waals surface area contributed by atoms with Crippen molar-refractivity contribution in [1.82, 2.24) is 10.3 Å². The zero-order valence-corrected chi connectivity index (χ0v) is 12.7. The van der Waals surface area contributed by atoms with Gasteiger partial charge in [0.15, 0.2) is 0 Å². The zero-order chi connectivity index (χ0) is 13.8. The molecule has 2 rings (SSSR count). The van der Waals surface area contributed by atoms with E-state index < -0.39 is 0 Å². The van der Waals surface area contributed by atoms with Crippen LogP contribution in [0.2, 0.25) is 0 Å². The van der Waals surface area contributed by atoms with Crippen molar-refractivity contribution in [3.63, 3.8) is 0 Å². The molecule has 0 bridgehead atoms. The van der Waals surface area contributed by atoms with Crippen LogP contribution in [-0.4, -0.2) is 24.1 Å². The van der Waals surface area contributed by atoms with Crippen LogP contribution in [0.1, 0.15) is 57.7 Å². The molecule has 1 atom stereocenters. The summed E-state index contributed by atoms with van der Waals surface area (Å²) in [5.41, 5.74) is 2.57. The molecule has 1 fully saturated rings. The lowest BCUT2D eigenvalue weighted by atomic mass is 10.1. The molecular weight excluding hydrogens is 234 g/mol. The Balaban J connectivity index is 2.28. The summed E-state index contributed by atoms with van der Waals surface area (Å²) in [6.45, 7) is 12.0. The predicted octanol–water partition coefficient (Wildman–Crippen LogP) is 3.30. The monoisotopic (exact) mass is 261 g/mol. The Morgan fingerprint density at radius 3 is 2.79 bits per heavy atom. The fourth-order valence-electron chi connectivity index (χ4n) is 2.68. The summed E-state index contributed by atoms with van der Waals surface area (Å²) in [6, 6.07) is 5.13. The van der Waals surface area contributed by atoms with Crippen LogP contribution in [0.4, 0.5) is 5.82 Å². The molecule has 1 unspecified atom stereocenters. The summed E-state index contributed by atoms with van der Waals surface area (Å²) >= 11 is 0. The second-order valence-corrected chi connectivity index (χ2v) is 5.88. The van der Waals surface area contributed by atoms with Gasteiger partial charge in [0.05, 0.1) is 0 Å². The Bertz CT molecular complexity index is 414. The van der Waals surface area contributed by atoms with Gasteiger partial charge in [0.2, 0.25) is 0 Å². The Morgan fingerprint density at radius 2 is 2.21 bits per heavy atom. The van der Waals surface area contributed by atoms with E-state index in [4.69, 9.17) is 4.98 Å². The number of nitrogens with zero attached hydrogens (tertiary/aromatic N) is 2. The van der Waals surface area contributed by atoms with Crippen molar-refractivity contribution in [1.29, 1.82) is 0 Å². The smallest absolute Gasteiger partial charge is 0.129 e. The highest BCUT2D eigenvalue weighted by Gasteiger charge is 2.22. The minimum absolute atomic E-state index is 0.484. The second-order valence-electron chi connectivity index (χ2n) is 5.88. The van der Waals surface area contributed by atoms with Crippen LogP contribution in [0.25, 0.3) is 0 Å². The Morgan fingerprint density at radius 1 is 1.42 bits per heavy atom. The van der Waals surface area contributed by atoms with Gasteiger partial charge in [-0.3, -0.25) is 0 Å².